The third-order valence-electron chi connectivity index (χ3n) is 5.41. The molecule has 2 fully saturated rings. The van der Waals surface area contributed by atoms with Gasteiger partial charge < -0.3 is 0 Å². The van der Waals surface area contributed by atoms with Crippen LogP contribution in [0.15, 0.2) is 17.0 Å². The largest absolute Gasteiger partial charge is 0.256 e. The van der Waals surface area contributed by atoms with Gasteiger partial charge in [0.15, 0.2) is 19.7 Å². The Hall–Kier alpha value is -1.01. The second-order valence-corrected chi connectivity index (χ2v) is 14.0. The summed E-state index contributed by atoms with van der Waals surface area (Å²) in [5.41, 5.74) is 5.19. The molecule has 11 heteroatoms. The lowest BCUT2D eigenvalue weighted by atomic mass is 10.1. The highest BCUT2D eigenvalue weighted by Gasteiger charge is 2.42. The third kappa shape index (κ3) is 4.43. The van der Waals surface area contributed by atoms with Gasteiger partial charge in [-0.3, -0.25) is 0 Å². The van der Waals surface area contributed by atoms with Gasteiger partial charge in [-0.2, -0.15) is 0 Å². The molecule has 2 aliphatic rings. The summed E-state index contributed by atoms with van der Waals surface area (Å²) in [6.07, 6.45) is 0.470. The van der Waals surface area contributed by atoms with E-state index in [-0.39, 0.29) is 34.3 Å². The van der Waals surface area contributed by atoms with Crippen LogP contribution in [0.4, 0.5) is 0 Å². The van der Waals surface area contributed by atoms with Gasteiger partial charge in [0.05, 0.1) is 33.9 Å². The number of hydrazine groups is 1. The van der Waals surface area contributed by atoms with E-state index in [0.29, 0.717) is 12.0 Å². The van der Waals surface area contributed by atoms with Crippen LogP contribution in [-0.4, -0.2) is 64.8 Å². The molecule has 0 aliphatic carbocycles. The minimum absolute atomic E-state index is 0.00973. The van der Waals surface area contributed by atoms with Crippen LogP contribution in [0.2, 0.25) is 0 Å². The van der Waals surface area contributed by atoms with Crippen LogP contribution >= 0.6 is 0 Å². The molecular formula is C17H26N2O6S3. The molecular weight excluding hydrogens is 424 g/mol. The van der Waals surface area contributed by atoms with Gasteiger partial charge in [0.1, 0.15) is 0 Å². The zero-order chi connectivity index (χ0) is 20.9. The van der Waals surface area contributed by atoms with E-state index in [9.17, 15) is 25.3 Å². The van der Waals surface area contributed by atoms with E-state index in [0.717, 1.165) is 15.5 Å². The van der Waals surface area contributed by atoms with Crippen LogP contribution in [0.1, 0.15) is 29.5 Å². The van der Waals surface area contributed by atoms with Crippen molar-refractivity contribution in [1.29, 1.82) is 0 Å². The third-order valence-corrected chi connectivity index (χ3v) is 10.8. The van der Waals surface area contributed by atoms with E-state index in [1.807, 2.05) is 13.8 Å². The van der Waals surface area contributed by atoms with Crippen LogP contribution in [0, 0.1) is 20.8 Å². The number of sulfone groups is 2. The average molecular weight is 451 g/mol. The average Bonchev–Trinajstić information content (AvgIpc) is 3.09. The lowest BCUT2D eigenvalue weighted by Crippen LogP contribution is -2.54. The van der Waals surface area contributed by atoms with Gasteiger partial charge in [-0.1, -0.05) is 6.07 Å². The Morgan fingerprint density at radius 3 is 2.00 bits per heavy atom. The topological polar surface area (TPSA) is 118 Å². The predicted molar refractivity (Wildman–Crippen MR) is 107 cm³/mol. The van der Waals surface area contributed by atoms with Crippen LogP contribution in [0.25, 0.3) is 0 Å². The smallest absolute Gasteiger partial charge is 0.237 e. The fourth-order valence-corrected chi connectivity index (χ4v) is 9.05. The normalized spacial score (nSPS) is 26.7. The molecule has 2 atom stereocenters. The highest BCUT2D eigenvalue weighted by molar-refractivity contribution is 7.92. The summed E-state index contributed by atoms with van der Waals surface area (Å²) in [4.78, 5) is 0.105. The number of aryl methyl sites for hydroxylation is 3. The van der Waals surface area contributed by atoms with Crippen LogP contribution < -0.4 is 5.43 Å². The SMILES string of the molecule is Cc1cc(C)c(S(=O)(=O)N(N[C@@H]2CCS(=O)(=O)C2)[C@H]2CCS(=O)(=O)C2)cc1C. The summed E-state index contributed by atoms with van der Waals surface area (Å²) in [6.45, 7) is 5.40. The van der Waals surface area contributed by atoms with Gasteiger partial charge in [-0.15, -0.1) is 4.41 Å². The molecule has 2 aliphatic heterocycles. The maximum Gasteiger partial charge on any atom is 0.256 e. The Balaban J connectivity index is 2.01. The van der Waals surface area contributed by atoms with Crippen molar-refractivity contribution in [3.05, 3.63) is 28.8 Å². The lowest BCUT2D eigenvalue weighted by molar-refractivity contribution is 0.229. The van der Waals surface area contributed by atoms with Crippen molar-refractivity contribution in [2.45, 2.75) is 50.6 Å². The first-order valence-electron chi connectivity index (χ1n) is 9.10. The summed E-state index contributed by atoms with van der Waals surface area (Å²) in [7, 11) is -10.6. The fourth-order valence-electron chi connectivity index (χ4n) is 3.73. The molecule has 8 nitrogen and oxygen atoms in total. The Labute approximate surface area is 167 Å². The van der Waals surface area contributed by atoms with Crippen molar-refractivity contribution in [3.8, 4) is 0 Å². The summed E-state index contributed by atoms with van der Waals surface area (Å²) >= 11 is 0. The maximum atomic E-state index is 13.5. The molecule has 0 spiro atoms. The minimum Gasteiger partial charge on any atom is -0.237 e. The van der Waals surface area contributed by atoms with Gasteiger partial charge in [0, 0.05) is 6.04 Å². The van der Waals surface area contributed by atoms with Crippen LogP contribution in [-0.2, 0) is 29.7 Å². The van der Waals surface area contributed by atoms with Gasteiger partial charge in [0.25, 0.3) is 10.0 Å². The number of rotatable bonds is 5. The molecule has 2 saturated heterocycles. The van der Waals surface area contributed by atoms with Gasteiger partial charge >= 0.3 is 0 Å². The van der Waals surface area contributed by atoms with Crippen molar-refractivity contribution in [1.82, 2.24) is 9.84 Å². The number of benzene rings is 1. The van der Waals surface area contributed by atoms with Gasteiger partial charge in [-0.05, 0) is 56.4 Å². The number of sulfonamides is 1. The number of nitrogens with zero attached hydrogens (tertiary/aromatic N) is 1. The Kier molecular flexibility index (Phi) is 5.69. The molecule has 1 aromatic rings. The highest BCUT2D eigenvalue weighted by atomic mass is 32.2. The molecule has 0 amide bonds. The first-order valence-corrected chi connectivity index (χ1v) is 14.2. The summed E-state index contributed by atoms with van der Waals surface area (Å²) < 4.78 is 75.5. The highest BCUT2D eigenvalue weighted by Crippen LogP contribution is 2.28. The minimum atomic E-state index is -4.07. The Morgan fingerprint density at radius 2 is 1.46 bits per heavy atom. The molecule has 2 heterocycles. The van der Waals surface area contributed by atoms with Crippen LogP contribution in [0.3, 0.4) is 0 Å². The zero-order valence-electron chi connectivity index (χ0n) is 16.2. The number of nitrogens with one attached hydrogen (secondary N) is 1. The molecule has 158 valence electrons. The summed E-state index contributed by atoms with van der Waals surface area (Å²) in [5.74, 6) is -0.530. The first-order chi connectivity index (χ1) is 12.8. The van der Waals surface area contributed by atoms with Gasteiger partial charge in [0.2, 0.25) is 0 Å². The molecule has 1 aromatic carbocycles. The summed E-state index contributed by atoms with van der Waals surface area (Å²) in [5, 5.41) is 0. The second-order valence-electron chi connectivity index (χ2n) is 7.79. The van der Waals surface area contributed by atoms with Crippen molar-refractivity contribution in [2.24, 2.45) is 0 Å². The van der Waals surface area contributed by atoms with E-state index >= 15 is 0 Å². The van der Waals surface area contributed by atoms with Crippen molar-refractivity contribution >= 4 is 29.7 Å². The first kappa shape index (κ1) is 21.7. The number of hydrogen-bond acceptors (Lipinski definition) is 7. The van der Waals surface area contributed by atoms with Crippen molar-refractivity contribution in [3.63, 3.8) is 0 Å². The Morgan fingerprint density at radius 1 is 0.893 bits per heavy atom. The fraction of sp³-hybridized carbons (Fsp3) is 0.647. The second kappa shape index (κ2) is 7.35. The monoisotopic (exact) mass is 450 g/mol. The van der Waals surface area contributed by atoms with E-state index < -0.39 is 41.8 Å². The van der Waals surface area contributed by atoms with E-state index in [2.05, 4.69) is 5.43 Å². The molecule has 1 N–H and O–H groups in total. The summed E-state index contributed by atoms with van der Waals surface area (Å²) in [6, 6.07) is 2.05. The van der Waals surface area contributed by atoms with E-state index in [1.54, 1.807) is 19.1 Å². The zero-order valence-corrected chi connectivity index (χ0v) is 18.6. The molecule has 0 bridgehead atoms. The van der Waals surface area contributed by atoms with Crippen LogP contribution in [0.5, 0.6) is 0 Å². The number of hydrogen-bond donors (Lipinski definition) is 1. The molecule has 0 unspecified atom stereocenters. The lowest BCUT2D eigenvalue weighted by Gasteiger charge is -2.31. The molecule has 0 saturated carbocycles. The quantitative estimate of drug-likeness (QED) is 0.648. The van der Waals surface area contributed by atoms with Crippen molar-refractivity contribution < 1.29 is 25.3 Å². The van der Waals surface area contributed by atoms with E-state index in [4.69, 9.17) is 0 Å². The predicted octanol–water partition coefficient (Wildman–Crippen LogP) is 0.481. The standard InChI is InChI=1S/C17H26N2O6S3/c1-12-8-14(3)17(9-13(12)2)28(24,25)19(16-5-7-27(22,23)11-16)18-15-4-6-26(20,21)10-15/h8-9,15-16,18H,4-7,10-11H2,1-3H3/t15-,16+/m1/s1. The Bertz CT molecular complexity index is 1090. The molecule has 0 aromatic heterocycles. The van der Waals surface area contributed by atoms with E-state index in [1.165, 1.54) is 0 Å². The van der Waals surface area contributed by atoms with Gasteiger partial charge in [-0.25, -0.2) is 30.7 Å². The molecule has 0 radical (unpaired) electrons. The molecule has 28 heavy (non-hydrogen) atoms. The maximum absolute atomic E-state index is 13.5. The molecule has 3 rings (SSSR count). The van der Waals surface area contributed by atoms with Crippen molar-refractivity contribution in [2.75, 3.05) is 23.0 Å².